The fourth-order valence-corrected chi connectivity index (χ4v) is 2.04. The average Bonchev–Trinajstić information content (AvgIpc) is 2.83. The van der Waals surface area contributed by atoms with E-state index in [1.807, 2.05) is 0 Å². The standard InChI is InChI=1S/C10H18O2/c1-12-7-10(11,9-4-5-9)6-8-2-3-8/h8-9,11H,2-7H2,1H3. The number of hydrogen-bond donors (Lipinski definition) is 1. The monoisotopic (exact) mass is 170 g/mol. The highest BCUT2D eigenvalue weighted by Gasteiger charge is 2.46. The van der Waals surface area contributed by atoms with Crippen molar-refractivity contribution in [2.45, 2.75) is 37.7 Å². The molecule has 0 aliphatic heterocycles. The second kappa shape index (κ2) is 3.00. The highest BCUT2D eigenvalue weighted by Crippen LogP contribution is 2.47. The zero-order chi connectivity index (χ0) is 8.60. The van der Waals surface area contributed by atoms with E-state index < -0.39 is 5.60 Å². The van der Waals surface area contributed by atoms with Crippen molar-refractivity contribution < 1.29 is 9.84 Å². The molecule has 70 valence electrons. The van der Waals surface area contributed by atoms with Crippen LogP contribution in [0.3, 0.4) is 0 Å². The first kappa shape index (κ1) is 8.52. The van der Waals surface area contributed by atoms with E-state index >= 15 is 0 Å². The van der Waals surface area contributed by atoms with Crippen LogP contribution >= 0.6 is 0 Å². The Morgan fingerprint density at radius 1 is 1.33 bits per heavy atom. The second-order valence-corrected chi connectivity index (χ2v) is 4.46. The first-order valence-corrected chi connectivity index (χ1v) is 4.96. The van der Waals surface area contributed by atoms with Gasteiger partial charge in [0, 0.05) is 7.11 Å². The number of ether oxygens (including phenoxy) is 1. The summed E-state index contributed by atoms with van der Waals surface area (Å²) >= 11 is 0. The van der Waals surface area contributed by atoms with E-state index in [1.54, 1.807) is 7.11 Å². The molecule has 0 aromatic rings. The average molecular weight is 170 g/mol. The maximum Gasteiger partial charge on any atom is 0.0910 e. The van der Waals surface area contributed by atoms with Crippen molar-refractivity contribution in [3.05, 3.63) is 0 Å². The lowest BCUT2D eigenvalue weighted by Gasteiger charge is -2.27. The van der Waals surface area contributed by atoms with Crippen LogP contribution in [0.1, 0.15) is 32.1 Å². The van der Waals surface area contributed by atoms with Crippen molar-refractivity contribution in [1.29, 1.82) is 0 Å². The summed E-state index contributed by atoms with van der Waals surface area (Å²) in [4.78, 5) is 0. The summed E-state index contributed by atoms with van der Waals surface area (Å²) in [6.07, 6.45) is 6.02. The molecule has 0 radical (unpaired) electrons. The first-order valence-electron chi connectivity index (χ1n) is 4.96. The van der Waals surface area contributed by atoms with Crippen molar-refractivity contribution in [3.63, 3.8) is 0 Å². The van der Waals surface area contributed by atoms with Crippen LogP contribution in [-0.4, -0.2) is 24.4 Å². The van der Waals surface area contributed by atoms with Gasteiger partial charge in [0.25, 0.3) is 0 Å². The van der Waals surface area contributed by atoms with Crippen LogP contribution in [0.15, 0.2) is 0 Å². The van der Waals surface area contributed by atoms with Crippen molar-refractivity contribution in [2.24, 2.45) is 11.8 Å². The van der Waals surface area contributed by atoms with Crippen LogP contribution in [0.25, 0.3) is 0 Å². The summed E-state index contributed by atoms with van der Waals surface area (Å²) in [6.45, 7) is 0.536. The van der Waals surface area contributed by atoms with E-state index in [4.69, 9.17) is 4.74 Å². The fourth-order valence-electron chi connectivity index (χ4n) is 2.04. The number of aliphatic hydroxyl groups is 1. The van der Waals surface area contributed by atoms with Crippen LogP contribution in [0.5, 0.6) is 0 Å². The van der Waals surface area contributed by atoms with Gasteiger partial charge in [0.1, 0.15) is 0 Å². The summed E-state index contributed by atoms with van der Waals surface area (Å²) < 4.78 is 5.09. The first-order chi connectivity index (χ1) is 5.74. The van der Waals surface area contributed by atoms with Crippen LogP contribution < -0.4 is 0 Å². The van der Waals surface area contributed by atoms with Gasteiger partial charge in [-0.25, -0.2) is 0 Å². The second-order valence-electron chi connectivity index (χ2n) is 4.46. The Kier molecular flexibility index (Phi) is 2.13. The van der Waals surface area contributed by atoms with Crippen LogP contribution in [0, 0.1) is 11.8 Å². The molecule has 1 atom stereocenters. The SMILES string of the molecule is COCC(O)(CC1CC1)C1CC1. The van der Waals surface area contributed by atoms with E-state index in [0.717, 1.165) is 12.3 Å². The summed E-state index contributed by atoms with van der Waals surface area (Å²) in [5.74, 6) is 1.34. The molecule has 12 heavy (non-hydrogen) atoms. The summed E-state index contributed by atoms with van der Waals surface area (Å²) in [6, 6.07) is 0. The predicted molar refractivity (Wildman–Crippen MR) is 46.9 cm³/mol. The van der Waals surface area contributed by atoms with Crippen molar-refractivity contribution in [1.82, 2.24) is 0 Å². The summed E-state index contributed by atoms with van der Waals surface area (Å²) in [5, 5.41) is 10.2. The number of rotatable bonds is 5. The lowest BCUT2D eigenvalue weighted by molar-refractivity contribution is -0.0574. The minimum atomic E-state index is -0.476. The number of hydrogen-bond acceptors (Lipinski definition) is 2. The molecular formula is C10H18O2. The minimum absolute atomic E-state index is 0.476. The van der Waals surface area contributed by atoms with Gasteiger partial charge in [0.05, 0.1) is 12.2 Å². The maximum atomic E-state index is 10.2. The van der Waals surface area contributed by atoms with Gasteiger partial charge < -0.3 is 9.84 Å². The van der Waals surface area contributed by atoms with E-state index in [2.05, 4.69) is 0 Å². The minimum Gasteiger partial charge on any atom is -0.387 e. The van der Waals surface area contributed by atoms with Gasteiger partial charge in [-0.1, -0.05) is 12.8 Å². The van der Waals surface area contributed by atoms with Gasteiger partial charge >= 0.3 is 0 Å². The Hall–Kier alpha value is -0.0800. The molecular weight excluding hydrogens is 152 g/mol. The molecule has 0 aromatic heterocycles. The van der Waals surface area contributed by atoms with Crippen LogP contribution in [-0.2, 0) is 4.74 Å². The quantitative estimate of drug-likeness (QED) is 0.678. The molecule has 2 nitrogen and oxygen atoms in total. The Balaban J connectivity index is 1.88. The van der Waals surface area contributed by atoms with Gasteiger partial charge in [-0.05, 0) is 31.1 Å². The van der Waals surface area contributed by atoms with Crippen molar-refractivity contribution in [3.8, 4) is 0 Å². The molecule has 2 aliphatic carbocycles. The van der Waals surface area contributed by atoms with Gasteiger partial charge in [0.15, 0.2) is 0 Å². The smallest absolute Gasteiger partial charge is 0.0910 e. The maximum absolute atomic E-state index is 10.2. The highest BCUT2D eigenvalue weighted by molar-refractivity contribution is 4.97. The van der Waals surface area contributed by atoms with Gasteiger partial charge in [0.2, 0.25) is 0 Å². The third-order valence-corrected chi connectivity index (χ3v) is 3.07. The highest BCUT2D eigenvalue weighted by atomic mass is 16.5. The lowest BCUT2D eigenvalue weighted by atomic mass is 9.92. The van der Waals surface area contributed by atoms with E-state index in [-0.39, 0.29) is 0 Å². The largest absolute Gasteiger partial charge is 0.387 e. The normalized spacial score (nSPS) is 28.5. The van der Waals surface area contributed by atoms with Gasteiger partial charge in [-0.15, -0.1) is 0 Å². The molecule has 2 heteroatoms. The van der Waals surface area contributed by atoms with E-state index in [1.165, 1.54) is 25.7 Å². The van der Waals surface area contributed by atoms with Crippen molar-refractivity contribution in [2.75, 3.05) is 13.7 Å². The Labute approximate surface area is 73.9 Å². The Morgan fingerprint density at radius 2 is 2.00 bits per heavy atom. The fraction of sp³-hybridized carbons (Fsp3) is 1.00. The molecule has 0 saturated heterocycles. The van der Waals surface area contributed by atoms with Gasteiger partial charge in [-0.2, -0.15) is 0 Å². The molecule has 0 bridgehead atoms. The van der Waals surface area contributed by atoms with Crippen LogP contribution in [0.2, 0.25) is 0 Å². The Morgan fingerprint density at radius 3 is 2.42 bits per heavy atom. The van der Waals surface area contributed by atoms with Crippen LogP contribution in [0.4, 0.5) is 0 Å². The predicted octanol–water partition coefficient (Wildman–Crippen LogP) is 1.57. The molecule has 2 rings (SSSR count). The van der Waals surface area contributed by atoms with Crippen molar-refractivity contribution >= 4 is 0 Å². The lowest BCUT2D eigenvalue weighted by Crippen LogP contribution is -2.37. The summed E-state index contributed by atoms with van der Waals surface area (Å²) in [5.41, 5.74) is -0.476. The van der Waals surface area contributed by atoms with E-state index in [0.29, 0.717) is 12.5 Å². The zero-order valence-electron chi connectivity index (χ0n) is 7.75. The van der Waals surface area contributed by atoms with E-state index in [9.17, 15) is 5.11 Å². The third-order valence-electron chi connectivity index (χ3n) is 3.07. The molecule has 1 unspecified atom stereocenters. The molecule has 2 aliphatic rings. The molecule has 0 spiro atoms. The van der Waals surface area contributed by atoms with Gasteiger partial charge in [-0.3, -0.25) is 0 Å². The topological polar surface area (TPSA) is 29.5 Å². The molecule has 2 fully saturated rings. The summed E-state index contributed by atoms with van der Waals surface area (Å²) in [7, 11) is 1.68. The molecule has 0 amide bonds. The third kappa shape index (κ3) is 1.80. The Bertz CT molecular complexity index is 161. The molecule has 2 saturated carbocycles. The molecule has 0 aromatic carbocycles. The molecule has 0 heterocycles. The zero-order valence-corrected chi connectivity index (χ0v) is 7.75. The molecule has 1 N–H and O–H groups in total. The number of methoxy groups -OCH3 is 1.